The van der Waals surface area contributed by atoms with Gasteiger partial charge in [0.1, 0.15) is 0 Å². The van der Waals surface area contributed by atoms with E-state index in [1.807, 2.05) is 4.68 Å². The van der Waals surface area contributed by atoms with Crippen molar-refractivity contribution in [1.82, 2.24) is 20.3 Å². The summed E-state index contributed by atoms with van der Waals surface area (Å²) in [5, 5.41) is 13.4. The van der Waals surface area contributed by atoms with Crippen molar-refractivity contribution in [1.29, 1.82) is 0 Å². The average molecular weight is 250 g/mol. The lowest BCUT2D eigenvalue weighted by Gasteiger charge is -2.23. The van der Waals surface area contributed by atoms with Crippen LogP contribution >= 0.6 is 11.3 Å². The van der Waals surface area contributed by atoms with Crippen molar-refractivity contribution in [3.8, 4) is 0 Å². The monoisotopic (exact) mass is 250 g/mol. The van der Waals surface area contributed by atoms with E-state index in [1.54, 1.807) is 17.5 Å². The van der Waals surface area contributed by atoms with Crippen molar-refractivity contribution in [2.45, 2.75) is 25.8 Å². The molecule has 0 aliphatic carbocycles. The van der Waals surface area contributed by atoms with E-state index in [4.69, 9.17) is 4.74 Å². The molecule has 0 saturated carbocycles. The van der Waals surface area contributed by atoms with Crippen molar-refractivity contribution in [3.05, 3.63) is 34.3 Å². The minimum Gasteiger partial charge on any atom is -0.369 e. The van der Waals surface area contributed by atoms with Gasteiger partial charge < -0.3 is 10.1 Å². The van der Waals surface area contributed by atoms with Gasteiger partial charge in [-0.25, -0.2) is 4.68 Å². The van der Waals surface area contributed by atoms with Crippen LogP contribution in [-0.4, -0.2) is 27.6 Å². The number of nitrogens with zero attached hydrogens (tertiary/aromatic N) is 3. The number of hydrogen-bond donors (Lipinski definition) is 1. The molecule has 0 saturated heterocycles. The van der Waals surface area contributed by atoms with Crippen molar-refractivity contribution < 1.29 is 4.74 Å². The molecule has 17 heavy (non-hydrogen) atoms. The smallest absolute Gasteiger partial charge is 0.0906 e. The molecule has 0 radical (unpaired) electrons. The lowest BCUT2D eigenvalue weighted by molar-refractivity contribution is 0.00101. The van der Waals surface area contributed by atoms with Gasteiger partial charge >= 0.3 is 0 Å². The molecule has 1 N–H and O–H groups in total. The standard InChI is InChI=1S/C11H14N4OS/c1-2-11(17-3-1)6-12-5-10-7-15-9(8-16-10)4-13-14-15/h1-4,10,12H,5-8H2/t10-/m0/s1. The lowest BCUT2D eigenvalue weighted by atomic mass is 10.3. The second-order valence-electron chi connectivity index (χ2n) is 4.05. The Labute approximate surface area is 103 Å². The quantitative estimate of drug-likeness (QED) is 0.880. The van der Waals surface area contributed by atoms with E-state index in [0.717, 1.165) is 25.3 Å². The summed E-state index contributed by atoms with van der Waals surface area (Å²) in [7, 11) is 0. The Kier molecular flexibility index (Phi) is 3.17. The van der Waals surface area contributed by atoms with Gasteiger partial charge in [-0.05, 0) is 11.4 Å². The molecule has 1 atom stereocenters. The van der Waals surface area contributed by atoms with Gasteiger partial charge in [0.15, 0.2) is 0 Å². The highest BCUT2D eigenvalue weighted by molar-refractivity contribution is 7.09. The summed E-state index contributed by atoms with van der Waals surface area (Å²) in [6, 6.07) is 4.20. The fourth-order valence-corrected chi connectivity index (χ4v) is 2.56. The number of fused-ring (bicyclic) bond motifs is 1. The molecule has 0 unspecified atom stereocenters. The molecule has 5 nitrogen and oxygen atoms in total. The minimum atomic E-state index is 0.184. The molecular formula is C11H14N4OS. The Bertz CT molecular complexity index is 468. The number of aromatic nitrogens is 3. The van der Waals surface area contributed by atoms with E-state index in [9.17, 15) is 0 Å². The molecule has 0 amide bonds. The van der Waals surface area contributed by atoms with E-state index >= 15 is 0 Å². The third kappa shape index (κ3) is 2.54. The number of ether oxygens (including phenoxy) is 1. The van der Waals surface area contributed by atoms with Crippen LogP contribution in [0.15, 0.2) is 23.7 Å². The first-order valence-electron chi connectivity index (χ1n) is 5.64. The van der Waals surface area contributed by atoms with Crippen LogP contribution in [0.2, 0.25) is 0 Å². The van der Waals surface area contributed by atoms with Gasteiger partial charge in [-0.2, -0.15) is 0 Å². The average Bonchev–Trinajstić information content (AvgIpc) is 2.98. The summed E-state index contributed by atoms with van der Waals surface area (Å²) < 4.78 is 7.64. The van der Waals surface area contributed by atoms with Crippen LogP contribution < -0.4 is 5.32 Å². The largest absolute Gasteiger partial charge is 0.369 e. The Morgan fingerprint density at radius 1 is 1.59 bits per heavy atom. The maximum Gasteiger partial charge on any atom is 0.0906 e. The van der Waals surface area contributed by atoms with Crippen molar-refractivity contribution in [2.24, 2.45) is 0 Å². The molecular weight excluding hydrogens is 236 g/mol. The molecule has 0 fully saturated rings. The van der Waals surface area contributed by atoms with Gasteiger partial charge in [-0.15, -0.1) is 16.4 Å². The summed E-state index contributed by atoms with van der Waals surface area (Å²) in [6.45, 7) is 3.14. The zero-order valence-corrected chi connectivity index (χ0v) is 10.2. The molecule has 1 aliphatic rings. The van der Waals surface area contributed by atoms with E-state index in [1.165, 1.54) is 4.88 Å². The zero-order chi connectivity index (χ0) is 11.5. The molecule has 1 aliphatic heterocycles. The summed E-state index contributed by atoms with van der Waals surface area (Å²) in [5.41, 5.74) is 1.06. The van der Waals surface area contributed by atoms with Crippen LogP contribution in [0.1, 0.15) is 10.6 Å². The highest BCUT2D eigenvalue weighted by Crippen LogP contribution is 2.11. The van der Waals surface area contributed by atoms with Crippen molar-refractivity contribution >= 4 is 11.3 Å². The van der Waals surface area contributed by atoms with Gasteiger partial charge in [0, 0.05) is 18.0 Å². The van der Waals surface area contributed by atoms with Crippen LogP contribution in [0.3, 0.4) is 0 Å². The first kappa shape index (κ1) is 10.9. The van der Waals surface area contributed by atoms with Crippen LogP contribution in [0.4, 0.5) is 0 Å². The fourth-order valence-electron chi connectivity index (χ4n) is 1.89. The number of hydrogen-bond acceptors (Lipinski definition) is 5. The van der Waals surface area contributed by atoms with Crippen molar-refractivity contribution in [2.75, 3.05) is 6.54 Å². The van der Waals surface area contributed by atoms with E-state index in [0.29, 0.717) is 6.61 Å². The SMILES string of the molecule is c1csc(CNC[C@H]2Cn3nncc3CO2)c1. The molecule has 6 heteroatoms. The Hall–Kier alpha value is -1.24. The molecule has 3 rings (SSSR count). The summed E-state index contributed by atoms with van der Waals surface area (Å²) in [4.78, 5) is 1.35. The third-order valence-electron chi connectivity index (χ3n) is 2.79. The molecule has 0 aromatic carbocycles. The second-order valence-corrected chi connectivity index (χ2v) is 5.08. The first-order chi connectivity index (χ1) is 8.42. The van der Waals surface area contributed by atoms with Gasteiger partial charge in [0.2, 0.25) is 0 Å². The lowest BCUT2D eigenvalue weighted by Crippen LogP contribution is -2.36. The molecule has 2 aromatic rings. The van der Waals surface area contributed by atoms with Gasteiger partial charge in [-0.3, -0.25) is 0 Å². The highest BCUT2D eigenvalue weighted by Gasteiger charge is 2.19. The highest BCUT2D eigenvalue weighted by atomic mass is 32.1. The maximum absolute atomic E-state index is 5.72. The van der Waals surface area contributed by atoms with Gasteiger partial charge in [0.25, 0.3) is 0 Å². The summed E-state index contributed by atoms with van der Waals surface area (Å²) in [5.74, 6) is 0. The maximum atomic E-state index is 5.72. The van der Waals surface area contributed by atoms with E-state index in [2.05, 4.69) is 33.1 Å². The normalized spacial score (nSPS) is 19.2. The van der Waals surface area contributed by atoms with Crippen molar-refractivity contribution in [3.63, 3.8) is 0 Å². The molecule has 2 aromatic heterocycles. The molecule has 90 valence electrons. The predicted molar refractivity (Wildman–Crippen MR) is 64.6 cm³/mol. The van der Waals surface area contributed by atoms with Crippen LogP contribution in [0.25, 0.3) is 0 Å². The first-order valence-corrected chi connectivity index (χ1v) is 6.52. The Balaban J connectivity index is 1.48. The molecule has 3 heterocycles. The van der Waals surface area contributed by atoms with Crippen LogP contribution in [-0.2, 0) is 24.4 Å². The fraction of sp³-hybridized carbons (Fsp3) is 0.455. The number of thiophene rings is 1. The minimum absolute atomic E-state index is 0.184. The van der Waals surface area contributed by atoms with Crippen LogP contribution in [0.5, 0.6) is 0 Å². The second kappa shape index (κ2) is 4.95. The van der Waals surface area contributed by atoms with Gasteiger partial charge in [-0.1, -0.05) is 11.3 Å². The predicted octanol–water partition coefficient (Wildman–Crippen LogP) is 1.03. The molecule has 0 bridgehead atoms. The van der Waals surface area contributed by atoms with E-state index in [-0.39, 0.29) is 6.10 Å². The zero-order valence-electron chi connectivity index (χ0n) is 9.37. The Morgan fingerprint density at radius 2 is 2.59 bits per heavy atom. The topological polar surface area (TPSA) is 52.0 Å². The summed E-state index contributed by atoms with van der Waals surface area (Å²) in [6.07, 6.45) is 1.94. The third-order valence-corrected chi connectivity index (χ3v) is 3.67. The van der Waals surface area contributed by atoms with Gasteiger partial charge in [0.05, 0.1) is 31.1 Å². The van der Waals surface area contributed by atoms with Crippen LogP contribution in [0, 0.1) is 0 Å². The number of rotatable bonds is 4. The van der Waals surface area contributed by atoms with E-state index < -0.39 is 0 Å². The Morgan fingerprint density at radius 3 is 3.47 bits per heavy atom. The number of nitrogens with one attached hydrogen (secondary N) is 1. The molecule has 0 spiro atoms. The summed E-state index contributed by atoms with van der Waals surface area (Å²) >= 11 is 1.77.